The van der Waals surface area contributed by atoms with Crippen molar-refractivity contribution in [3.8, 4) is 17.2 Å². The van der Waals surface area contributed by atoms with Crippen LogP contribution in [0, 0.1) is 0 Å². The summed E-state index contributed by atoms with van der Waals surface area (Å²) in [6.07, 6.45) is 1.34. The first-order valence-corrected chi connectivity index (χ1v) is 10.7. The molecule has 0 spiro atoms. The van der Waals surface area contributed by atoms with Gasteiger partial charge in [0.15, 0.2) is 0 Å². The number of benzene rings is 3. The highest BCUT2D eigenvalue weighted by Crippen LogP contribution is 2.29. The van der Waals surface area contributed by atoms with Crippen LogP contribution in [-0.4, -0.2) is 37.2 Å². The maximum absolute atomic E-state index is 13.3. The van der Waals surface area contributed by atoms with Crippen LogP contribution in [0.5, 0.6) is 17.2 Å². The minimum absolute atomic E-state index is 0.242. The summed E-state index contributed by atoms with van der Waals surface area (Å²) in [6, 6.07) is 20.6. The number of methoxy groups -OCH3 is 2. The number of amides is 2. The van der Waals surface area contributed by atoms with Gasteiger partial charge in [-0.05, 0) is 35.9 Å². The van der Waals surface area contributed by atoms with E-state index in [1.807, 2.05) is 36.5 Å². The third-order valence-electron chi connectivity index (χ3n) is 5.33. The number of nitrogens with one attached hydrogen (secondary N) is 3. The molecule has 0 aliphatic carbocycles. The number of rotatable bonds is 8. The topological polar surface area (TPSA) is 102 Å². The molecule has 8 heteroatoms. The number of H-pyrrole nitrogens is 1. The fraction of sp³-hybridized carbons (Fsp3) is 0.154. The van der Waals surface area contributed by atoms with E-state index < -0.39 is 18.0 Å². The third kappa shape index (κ3) is 5.29. The second-order valence-corrected chi connectivity index (χ2v) is 7.52. The van der Waals surface area contributed by atoms with Crippen molar-refractivity contribution < 1.29 is 23.8 Å². The lowest BCUT2D eigenvalue weighted by atomic mass is 10.0. The Morgan fingerprint density at radius 2 is 1.68 bits per heavy atom. The van der Waals surface area contributed by atoms with Crippen molar-refractivity contribution >= 4 is 28.6 Å². The molecule has 0 saturated heterocycles. The van der Waals surface area contributed by atoms with Gasteiger partial charge in [0.25, 0.3) is 0 Å². The van der Waals surface area contributed by atoms with Crippen molar-refractivity contribution in [1.29, 1.82) is 0 Å². The van der Waals surface area contributed by atoms with Crippen molar-refractivity contribution in [2.24, 2.45) is 0 Å². The van der Waals surface area contributed by atoms with Crippen LogP contribution in [0.3, 0.4) is 0 Å². The van der Waals surface area contributed by atoms with Crippen molar-refractivity contribution in [1.82, 2.24) is 10.3 Å². The van der Waals surface area contributed by atoms with Crippen LogP contribution in [0.1, 0.15) is 5.56 Å². The lowest BCUT2D eigenvalue weighted by Gasteiger charge is -2.19. The number of aromatic amines is 1. The summed E-state index contributed by atoms with van der Waals surface area (Å²) in [5, 5.41) is 6.51. The summed E-state index contributed by atoms with van der Waals surface area (Å²) in [7, 11) is 3.05. The Morgan fingerprint density at radius 1 is 0.912 bits per heavy atom. The molecule has 174 valence electrons. The molecule has 1 heterocycles. The zero-order valence-corrected chi connectivity index (χ0v) is 18.8. The molecule has 1 aromatic heterocycles. The van der Waals surface area contributed by atoms with E-state index in [1.165, 1.54) is 14.2 Å². The quantitative estimate of drug-likeness (QED) is 0.360. The van der Waals surface area contributed by atoms with E-state index in [4.69, 9.17) is 14.2 Å². The third-order valence-corrected chi connectivity index (χ3v) is 5.33. The molecule has 2 amide bonds. The van der Waals surface area contributed by atoms with Gasteiger partial charge in [-0.25, -0.2) is 4.79 Å². The Balaban J connectivity index is 1.58. The Bertz CT molecular complexity index is 1290. The van der Waals surface area contributed by atoms with Gasteiger partial charge in [0, 0.05) is 29.6 Å². The van der Waals surface area contributed by atoms with Crippen LogP contribution in [0.25, 0.3) is 10.9 Å². The minimum Gasteiger partial charge on any atom is -0.497 e. The van der Waals surface area contributed by atoms with Crippen LogP contribution in [0.2, 0.25) is 0 Å². The van der Waals surface area contributed by atoms with Crippen LogP contribution in [-0.2, 0) is 11.2 Å². The van der Waals surface area contributed by atoms with Crippen molar-refractivity contribution in [3.05, 3.63) is 84.6 Å². The number of hydrogen-bond acceptors (Lipinski definition) is 5. The standard InChI is InChI=1S/C26H25N3O5/c1-32-19-12-13-24(33-2)22(15-19)28-25(30)23(29-26(31)34-18-8-4-3-5-9-18)14-17-16-27-21-11-7-6-10-20(17)21/h3-13,15-16,23,27H,14H2,1-2H3,(H,28,30)(H,29,31)/t23-/m0/s1. The lowest BCUT2D eigenvalue weighted by Crippen LogP contribution is -2.46. The van der Waals surface area contributed by atoms with Gasteiger partial charge in [0.2, 0.25) is 5.91 Å². The van der Waals surface area contributed by atoms with E-state index in [9.17, 15) is 9.59 Å². The van der Waals surface area contributed by atoms with Gasteiger partial charge in [0.1, 0.15) is 23.3 Å². The molecular weight excluding hydrogens is 434 g/mol. The molecule has 0 saturated carbocycles. The highest BCUT2D eigenvalue weighted by atomic mass is 16.6. The zero-order chi connectivity index (χ0) is 23.9. The van der Waals surface area contributed by atoms with E-state index in [1.54, 1.807) is 42.5 Å². The van der Waals surface area contributed by atoms with E-state index >= 15 is 0 Å². The van der Waals surface area contributed by atoms with Crippen LogP contribution < -0.4 is 24.8 Å². The van der Waals surface area contributed by atoms with Gasteiger partial charge in [-0.1, -0.05) is 36.4 Å². The molecule has 0 radical (unpaired) electrons. The average molecular weight is 460 g/mol. The van der Waals surface area contributed by atoms with Gasteiger partial charge < -0.3 is 29.8 Å². The summed E-state index contributed by atoms with van der Waals surface area (Å²) in [5.74, 6) is 0.968. The molecule has 0 bridgehead atoms. The van der Waals surface area contributed by atoms with Gasteiger partial charge in [-0.2, -0.15) is 0 Å². The first-order chi connectivity index (χ1) is 16.6. The zero-order valence-electron chi connectivity index (χ0n) is 18.8. The summed E-state index contributed by atoms with van der Waals surface area (Å²) in [6.45, 7) is 0. The van der Waals surface area contributed by atoms with Crippen molar-refractivity contribution in [2.75, 3.05) is 19.5 Å². The smallest absolute Gasteiger partial charge is 0.413 e. The maximum Gasteiger partial charge on any atom is 0.413 e. The number of fused-ring (bicyclic) bond motifs is 1. The van der Waals surface area contributed by atoms with Crippen LogP contribution in [0.4, 0.5) is 10.5 Å². The highest BCUT2D eigenvalue weighted by Gasteiger charge is 2.25. The summed E-state index contributed by atoms with van der Waals surface area (Å²) < 4.78 is 16.0. The predicted octanol–water partition coefficient (Wildman–Crippen LogP) is 4.52. The fourth-order valence-corrected chi connectivity index (χ4v) is 3.63. The van der Waals surface area contributed by atoms with Gasteiger partial charge >= 0.3 is 6.09 Å². The van der Waals surface area contributed by atoms with E-state index in [0.717, 1.165) is 16.5 Å². The van der Waals surface area contributed by atoms with Crippen molar-refractivity contribution in [3.63, 3.8) is 0 Å². The minimum atomic E-state index is -0.925. The van der Waals surface area contributed by atoms with Gasteiger partial charge in [0.05, 0.1) is 19.9 Å². The molecule has 1 atom stereocenters. The maximum atomic E-state index is 13.3. The molecule has 4 rings (SSSR count). The predicted molar refractivity (Wildman–Crippen MR) is 130 cm³/mol. The molecule has 4 aromatic rings. The molecule has 0 unspecified atom stereocenters. The van der Waals surface area contributed by atoms with Crippen LogP contribution in [0.15, 0.2) is 79.0 Å². The fourth-order valence-electron chi connectivity index (χ4n) is 3.63. The summed E-state index contributed by atoms with van der Waals surface area (Å²) in [4.78, 5) is 29.2. The normalized spacial score (nSPS) is 11.5. The molecule has 0 aliphatic rings. The molecule has 0 fully saturated rings. The first kappa shape index (κ1) is 22.7. The number of hydrogen-bond donors (Lipinski definition) is 3. The molecule has 34 heavy (non-hydrogen) atoms. The average Bonchev–Trinajstić information content (AvgIpc) is 3.27. The number of aromatic nitrogens is 1. The number of anilines is 1. The number of carbonyl (C=O) groups excluding carboxylic acids is 2. The SMILES string of the molecule is COc1ccc(OC)c(NC(=O)[C@H](Cc2c[nH]c3ccccc23)NC(=O)Oc2ccccc2)c1. The lowest BCUT2D eigenvalue weighted by molar-refractivity contribution is -0.118. The van der Waals surface area contributed by atoms with Crippen molar-refractivity contribution in [2.45, 2.75) is 12.5 Å². The number of carbonyl (C=O) groups is 2. The molecule has 8 nitrogen and oxygen atoms in total. The molecule has 3 N–H and O–H groups in total. The monoisotopic (exact) mass is 459 g/mol. The Hall–Kier alpha value is -4.46. The van der Waals surface area contributed by atoms with E-state index in [0.29, 0.717) is 22.9 Å². The molecule has 0 aliphatic heterocycles. The van der Waals surface area contributed by atoms with Crippen LogP contribution >= 0.6 is 0 Å². The second kappa shape index (κ2) is 10.4. The second-order valence-electron chi connectivity index (χ2n) is 7.52. The Morgan fingerprint density at radius 3 is 2.44 bits per heavy atom. The van der Waals surface area contributed by atoms with Gasteiger partial charge in [-0.15, -0.1) is 0 Å². The Kier molecular flexibility index (Phi) is 6.98. The first-order valence-electron chi connectivity index (χ1n) is 10.7. The molecule has 3 aromatic carbocycles. The molecular formula is C26H25N3O5. The number of para-hydroxylation sites is 2. The largest absolute Gasteiger partial charge is 0.497 e. The van der Waals surface area contributed by atoms with Gasteiger partial charge in [-0.3, -0.25) is 4.79 Å². The highest BCUT2D eigenvalue weighted by molar-refractivity contribution is 5.98. The summed E-state index contributed by atoms with van der Waals surface area (Å²) >= 11 is 0. The van der Waals surface area contributed by atoms with E-state index in [-0.39, 0.29) is 6.42 Å². The Labute approximate surface area is 196 Å². The summed E-state index contributed by atoms with van der Waals surface area (Å²) in [5.41, 5.74) is 2.25. The van der Waals surface area contributed by atoms with E-state index in [2.05, 4.69) is 15.6 Å². The number of ether oxygens (including phenoxy) is 3.